The van der Waals surface area contributed by atoms with Crippen molar-refractivity contribution in [2.45, 2.75) is 5.92 Å². The lowest BCUT2D eigenvalue weighted by Crippen LogP contribution is -2.21. The van der Waals surface area contributed by atoms with Gasteiger partial charge in [-0.1, -0.05) is 29.8 Å². The number of nitrogens with two attached hydrogens (primary N) is 2. The summed E-state index contributed by atoms with van der Waals surface area (Å²) in [4.78, 5) is 0. The highest BCUT2D eigenvalue weighted by Gasteiger charge is 2.30. The Balaban J connectivity index is 2.21. The van der Waals surface area contributed by atoms with Gasteiger partial charge in [-0.3, -0.25) is 0 Å². The van der Waals surface area contributed by atoms with Crippen LogP contribution in [0.1, 0.15) is 17.0 Å². The summed E-state index contributed by atoms with van der Waals surface area (Å²) in [5.74, 6) is 0.401. The first-order chi connectivity index (χ1) is 10.1. The summed E-state index contributed by atoms with van der Waals surface area (Å²) in [5, 5.41) is 10.0. The van der Waals surface area contributed by atoms with Crippen LogP contribution in [0.25, 0.3) is 0 Å². The molecule has 0 saturated heterocycles. The van der Waals surface area contributed by atoms with Crippen molar-refractivity contribution < 1.29 is 4.74 Å². The van der Waals surface area contributed by atoms with E-state index in [9.17, 15) is 5.26 Å². The fraction of sp³-hybridized carbons (Fsp3) is 0.0625. The fourth-order valence-electron chi connectivity index (χ4n) is 2.47. The summed E-state index contributed by atoms with van der Waals surface area (Å²) in [6.07, 6.45) is 0. The molecule has 4 N–H and O–H groups in total. The zero-order valence-electron chi connectivity index (χ0n) is 11.0. The van der Waals surface area contributed by atoms with Gasteiger partial charge in [-0.25, -0.2) is 0 Å². The van der Waals surface area contributed by atoms with Gasteiger partial charge in [0.25, 0.3) is 0 Å². The first-order valence-electron chi connectivity index (χ1n) is 6.32. The molecule has 1 heterocycles. The maximum Gasteiger partial charge on any atom is 0.205 e. The van der Waals surface area contributed by atoms with E-state index in [0.717, 1.165) is 11.1 Å². The second-order valence-corrected chi connectivity index (χ2v) is 5.21. The molecule has 4 nitrogen and oxygen atoms in total. The van der Waals surface area contributed by atoms with Crippen LogP contribution in [0.5, 0.6) is 5.75 Å². The molecule has 1 aliphatic rings. The molecule has 5 heteroatoms. The van der Waals surface area contributed by atoms with Gasteiger partial charge in [0.05, 0.1) is 5.92 Å². The molecular weight excluding hydrogens is 286 g/mol. The summed E-state index contributed by atoms with van der Waals surface area (Å²) < 4.78 is 5.52. The van der Waals surface area contributed by atoms with Gasteiger partial charge in [0.2, 0.25) is 5.88 Å². The Morgan fingerprint density at radius 3 is 2.48 bits per heavy atom. The lowest BCUT2D eigenvalue weighted by Gasteiger charge is -2.26. The number of anilines is 1. The van der Waals surface area contributed by atoms with E-state index in [0.29, 0.717) is 22.0 Å². The van der Waals surface area contributed by atoms with Crippen molar-refractivity contribution >= 4 is 17.3 Å². The predicted molar refractivity (Wildman–Crippen MR) is 81.6 cm³/mol. The van der Waals surface area contributed by atoms with Crippen molar-refractivity contribution in [3.63, 3.8) is 0 Å². The van der Waals surface area contributed by atoms with Crippen molar-refractivity contribution in [2.75, 3.05) is 5.73 Å². The van der Waals surface area contributed by atoms with Crippen molar-refractivity contribution in [3.8, 4) is 11.8 Å². The van der Waals surface area contributed by atoms with Crippen LogP contribution in [0.2, 0.25) is 5.02 Å². The van der Waals surface area contributed by atoms with Gasteiger partial charge >= 0.3 is 0 Å². The lowest BCUT2D eigenvalue weighted by molar-refractivity contribution is 0.394. The first-order valence-corrected chi connectivity index (χ1v) is 6.70. The third kappa shape index (κ3) is 2.28. The van der Waals surface area contributed by atoms with E-state index in [1.165, 1.54) is 0 Å². The molecule has 0 radical (unpaired) electrons. The normalized spacial score (nSPS) is 16.9. The van der Waals surface area contributed by atoms with Crippen molar-refractivity contribution in [3.05, 3.63) is 70.1 Å². The minimum Gasteiger partial charge on any atom is -0.440 e. The minimum absolute atomic E-state index is 0.107. The molecule has 0 saturated carbocycles. The van der Waals surface area contributed by atoms with Crippen LogP contribution in [0.15, 0.2) is 53.9 Å². The number of rotatable bonds is 1. The van der Waals surface area contributed by atoms with E-state index in [1.54, 1.807) is 24.3 Å². The molecule has 3 rings (SSSR count). The number of nitrogen functional groups attached to an aromatic ring is 1. The summed E-state index contributed by atoms with van der Waals surface area (Å²) >= 11 is 5.93. The van der Waals surface area contributed by atoms with Gasteiger partial charge < -0.3 is 16.2 Å². The smallest absolute Gasteiger partial charge is 0.205 e. The van der Waals surface area contributed by atoms with Crippen LogP contribution < -0.4 is 16.2 Å². The highest BCUT2D eigenvalue weighted by Crippen LogP contribution is 2.42. The molecule has 2 aromatic carbocycles. The minimum atomic E-state index is -0.281. The van der Waals surface area contributed by atoms with E-state index in [-0.39, 0.29) is 11.8 Å². The molecule has 104 valence electrons. The van der Waals surface area contributed by atoms with Crippen LogP contribution in [-0.2, 0) is 0 Å². The number of nitrogens with zero attached hydrogens (tertiary/aromatic N) is 1. The van der Waals surface area contributed by atoms with Gasteiger partial charge in [-0.05, 0) is 23.8 Å². The van der Waals surface area contributed by atoms with E-state index in [4.69, 9.17) is 27.8 Å². The number of allylic oxidation sites excluding steroid dienone is 1. The zero-order valence-corrected chi connectivity index (χ0v) is 11.8. The van der Waals surface area contributed by atoms with Gasteiger partial charge in [0.1, 0.15) is 17.4 Å². The SMILES string of the molecule is N#CC1=C(N)Oc2cc(N)ccc2[C@@H]1c1ccc(Cl)cc1. The molecule has 1 atom stereocenters. The lowest BCUT2D eigenvalue weighted by atomic mass is 9.83. The Bertz CT molecular complexity index is 775. The number of halogens is 1. The van der Waals surface area contributed by atoms with E-state index in [2.05, 4.69) is 6.07 Å². The third-order valence-electron chi connectivity index (χ3n) is 3.45. The molecule has 2 aromatic rings. The second-order valence-electron chi connectivity index (χ2n) is 4.77. The zero-order chi connectivity index (χ0) is 15.0. The first kappa shape index (κ1) is 13.3. The monoisotopic (exact) mass is 297 g/mol. The van der Waals surface area contributed by atoms with Gasteiger partial charge in [-0.2, -0.15) is 5.26 Å². The quantitative estimate of drug-likeness (QED) is 0.792. The van der Waals surface area contributed by atoms with E-state index >= 15 is 0 Å². The molecule has 0 amide bonds. The molecular formula is C16H12ClN3O. The molecule has 0 unspecified atom stereocenters. The average Bonchev–Trinajstić information content (AvgIpc) is 2.46. The van der Waals surface area contributed by atoms with Crippen LogP contribution in [-0.4, -0.2) is 0 Å². The molecule has 21 heavy (non-hydrogen) atoms. The Morgan fingerprint density at radius 1 is 1.10 bits per heavy atom. The van der Waals surface area contributed by atoms with Crippen LogP contribution >= 0.6 is 11.6 Å². The average molecular weight is 298 g/mol. The van der Waals surface area contributed by atoms with Crippen LogP contribution in [0.4, 0.5) is 5.69 Å². The standard InChI is InChI=1S/C16H12ClN3O/c17-10-3-1-9(2-4-10)15-12-6-5-11(19)7-14(12)21-16(20)13(15)8-18/h1-7,15H,19-20H2/t15-/m0/s1. The summed E-state index contributed by atoms with van der Waals surface area (Å²) in [7, 11) is 0. The number of benzene rings is 2. The van der Waals surface area contributed by atoms with Crippen molar-refractivity contribution in [1.82, 2.24) is 0 Å². The van der Waals surface area contributed by atoms with Gasteiger partial charge in [-0.15, -0.1) is 0 Å². The molecule has 0 fully saturated rings. The maximum atomic E-state index is 9.41. The number of hydrogen-bond acceptors (Lipinski definition) is 4. The number of hydrogen-bond donors (Lipinski definition) is 2. The fourth-order valence-corrected chi connectivity index (χ4v) is 2.60. The topological polar surface area (TPSA) is 85.1 Å². The van der Waals surface area contributed by atoms with Crippen molar-refractivity contribution in [2.24, 2.45) is 5.73 Å². The molecule has 0 spiro atoms. The van der Waals surface area contributed by atoms with Gasteiger partial charge in [0, 0.05) is 22.3 Å². The number of fused-ring (bicyclic) bond motifs is 1. The summed E-state index contributed by atoms with van der Waals surface area (Å²) in [5.41, 5.74) is 14.4. The molecule has 1 aliphatic heterocycles. The van der Waals surface area contributed by atoms with Crippen LogP contribution in [0.3, 0.4) is 0 Å². The van der Waals surface area contributed by atoms with Gasteiger partial charge in [0.15, 0.2) is 0 Å². The predicted octanol–water partition coefficient (Wildman–Crippen LogP) is 3.14. The largest absolute Gasteiger partial charge is 0.440 e. The number of ether oxygens (including phenoxy) is 1. The Hall–Kier alpha value is -2.64. The third-order valence-corrected chi connectivity index (χ3v) is 3.70. The highest BCUT2D eigenvalue weighted by molar-refractivity contribution is 6.30. The Kier molecular flexibility index (Phi) is 3.20. The molecule has 0 bridgehead atoms. The summed E-state index contributed by atoms with van der Waals surface area (Å²) in [6.45, 7) is 0. The summed E-state index contributed by atoms with van der Waals surface area (Å²) in [6, 6.07) is 14.8. The maximum absolute atomic E-state index is 9.41. The molecule has 0 aromatic heterocycles. The van der Waals surface area contributed by atoms with Crippen LogP contribution in [0, 0.1) is 11.3 Å². The second kappa shape index (κ2) is 5.04. The van der Waals surface area contributed by atoms with E-state index in [1.807, 2.05) is 18.2 Å². The van der Waals surface area contributed by atoms with Crippen molar-refractivity contribution in [1.29, 1.82) is 5.26 Å². The highest BCUT2D eigenvalue weighted by atomic mass is 35.5. The Morgan fingerprint density at radius 2 is 1.81 bits per heavy atom. The Labute approximate surface area is 127 Å². The number of nitriles is 1. The molecule has 0 aliphatic carbocycles. The van der Waals surface area contributed by atoms with E-state index < -0.39 is 0 Å².